The third kappa shape index (κ3) is 2.88. The molecule has 0 bridgehead atoms. The summed E-state index contributed by atoms with van der Waals surface area (Å²) < 4.78 is 18.5. The molecule has 1 aromatic rings. The summed E-state index contributed by atoms with van der Waals surface area (Å²) in [6, 6.07) is 3.49. The average molecular weight is 282 g/mol. The number of rotatable bonds is 3. The summed E-state index contributed by atoms with van der Waals surface area (Å²) in [6.45, 7) is 1.91. The molecule has 1 aromatic carbocycles. The molecule has 6 nitrogen and oxygen atoms in total. The van der Waals surface area contributed by atoms with E-state index in [1.165, 1.54) is 12.1 Å². The number of nitrogens with one attached hydrogen (secondary N) is 2. The number of amides is 2. The molecule has 0 radical (unpaired) electrons. The van der Waals surface area contributed by atoms with Crippen LogP contribution in [0.25, 0.3) is 0 Å². The Morgan fingerprint density at radius 2 is 2.20 bits per heavy atom. The van der Waals surface area contributed by atoms with Crippen molar-refractivity contribution in [1.29, 1.82) is 0 Å². The van der Waals surface area contributed by atoms with E-state index in [1.54, 1.807) is 13.0 Å². The fourth-order valence-electron chi connectivity index (χ4n) is 1.99. The summed E-state index contributed by atoms with van der Waals surface area (Å²) in [5, 5.41) is 13.8. The zero-order valence-electron chi connectivity index (χ0n) is 10.9. The minimum absolute atomic E-state index is 0.00181. The van der Waals surface area contributed by atoms with Crippen LogP contribution in [0.2, 0.25) is 0 Å². The van der Waals surface area contributed by atoms with Crippen molar-refractivity contribution in [3.05, 3.63) is 29.6 Å². The summed E-state index contributed by atoms with van der Waals surface area (Å²) in [5.41, 5.74) is -0.675. The number of benzene rings is 1. The van der Waals surface area contributed by atoms with Crippen LogP contribution in [0.4, 0.5) is 14.9 Å². The molecule has 3 N–H and O–H groups in total. The minimum Gasteiger partial charge on any atom is -0.479 e. The molecule has 1 aliphatic rings. The lowest BCUT2D eigenvalue weighted by Crippen LogP contribution is -2.56. The zero-order chi connectivity index (χ0) is 14.8. The number of carboxylic acid groups (broad SMARTS) is 1. The highest BCUT2D eigenvalue weighted by molar-refractivity contribution is 5.94. The van der Waals surface area contributed by atoms with E-state index in [9.17, 15) is 19.1 Å². The maximum Gasteiger partial charge on any atom is 0.332 e. The molecule has 7 heteroatoms. The van der Waals surface area contributed by atoms with Gasteiger partial charge in [-0.1, -0.05) is 6.07 Å². The topological polar surface area (TPSA) is 87.7 Å². The SMILES string of the molecule is Cc1ccc(F)c(NC(=O)NC2(C(=O)O)CCOC2)c1. The van der Waals surface area contributed by atoms with E-state index in [0.29, 0.717) is 0 Å². The van der Waals surface area contributed by atoms with Gasteiger partial charge in [0.25, 0.3) is 0 Å². The number of hydrogen-bond donors (Lipinski definition) is 3. The maximum absolute atomic E-state index is 13.5. The Labute approximate surface area is 114 Å². The normalized spacial score (nSPS) is 21.5. The Bertz CT molecular complexity index is 541. The van der Waals surface area contributed by atoms with E-state index < -0.39 is 23.4 Å². The summed E-state index contributed by atoms with van der Waals surface area (Å²) in [6.07, 6.45) is 0.173. The number of aryl methyl sites for hydroxylation is 1. The number of ether oxygens (including phenoxy) is 1. The first-order valence-electron chi connectivity index (χ1n) is 6.09. The first-order valence-corrected chi connectivity index (χ1v) is 6.09. The Balaban J connectivity index is 2.08. The van der Waals surface area contributed by atoms with Crippen LogP contribution < -0.4 is 10.6 Å². The van der Waals surface area contributed by atoms with Crippen LogP contribution in [-0.4, -0.2) is 35.9 Å². The van der Waals surface area contributed by atoms with E-state index in [0.717, 1.165) is 5.56 Å². The molecule has 1 atom stereocenters. The van der Waals surface area contributed by atoms with Crippen molar-refractivity contribution >= 4 is 17.7 Å². The molecular weight excluding hydrogens is 267 g/mol. The predicted molar refractivity (Wildman–Crippen MR) is 69.1 cm³/mol. The van der Waals surface area contributed by atoms with Crippen molar-refractivity contribution in [1.82, 2.24) is 5.32 Å². The molecule has 1 unspecified atom stereocenters. The van der Waals surface area contributed by atoms with Crippen molar-refractivity contribution in [2.45, 2.75) is 18.9 Å². The van der Waals surface area contributed by atoms with Crippen molar-refractivity contribution in [3.8, 4) is 0 Å². The van der Waals surface area contributed by atoms with Crippen molar-refractivity contribution in [2.24, 2.45) is 0 Å². The molecule has 0 saturated carbocycles. The second kappa shape index (κ2) is 5.46. The van der Waals surface area contributed by atoms with Gasteiger partial charge in [-0.2, -0.15) is 0 Å². The molecule has 1 heterocycles. The number of anilines is 1. The molecule has 1 fully saturated rings. The van der Waals surface area contributed by atoms with E-state index in [4.69, 9.17) is 4.74 Å². The van der Waals surface area contributed by atoms with Gasteiger partial charge >= 0.3 is 12.0 Å². The third-order valence-corrected chi connectivity index (χ3v) is 3.15. The highest BCUT2D eigenvalue weighted by Gasteiger charge is 2.44. The Hall–Kier alpha value is -2.15. The first-order chi connectivity index (χ1) is 9.43. The van der Waals surface area contributed by atoms with Gasteiger partial charge in [-0.25, -0.2) is 14.0 Å². The minimum atomic E-state index is -1.45. The molecule has 2 amide bonds. The standard InChI is InChI=1S/C13H15FN2O4/c1-8-2-3-9(14)10(6-8)15-12(19)16-13(11(17)18)4-5-20-7-13/h2-3,6H,4-5,7H2,1H3,(H,17,18)(H2,15,16,19). The van der Waals surface area contributed by atoms with Gasteiger partial charge in [-0.05, 0) is 24.6 Å². The number of urea groups is 1. The molecule has 1 aliphatic heterocycles. The summed E-state index contributed by atoms with van der Waals surface area (Å²) in [5.74, 6) is -1.76. The van der Waals surface area contributed by atoms with Crippen molar-refractivity contribution in [2.75, 3.05) is 18.5 Å². The molecule has 108 valence electrons. The second-order valence-corrected chi connectivity index (χ2v) is 4.75. The Morgan fingerprint density at radius 1 is 1.45 bits per heavy atom. The summed E-state index contributed by atoms with van der Waals surface area (Å²) >= 11 is 0. The highest BCUT2D eigenvalue weighted by Crippen LogP contribution is 2.20. The molecule has 0 spiro atoms. The van der Waals surface area contributed by atoms with Crippen LogP contribution in [-0.2, 0) is 9.53 Å². The zero-order valence-corrected chi connectivity index (χ0v) is 10.9. The van der Waals surface area contributed by atoms with Gasteiger partial charge in [0.05, 0.1) is 12.3 Å². The summed E-state index contributed by atoms with van der Waals surface area (Å²) in [4.78, 5) is 23.1. The van der Waals surface area contributed by atoms with E-state index in [2.05, 4.69) is 10.6 Å². The van der Waals surface area contributed by atoms with E-state index in [-0.39, 0.29) is 25.3 Å². The fraction of sp³-hybridized carbons (Fsp3) is 0.385. The Kier molecular flexibility index (Phi) is 3.89. The van der Waals surface area contributed by atoms with Crippen LogP contribution in [0.15, 0.2) is 18.2 Å². The number of carbonyl (C=O) groups excluding carboxylic acids is 1. The number of halogens is 1. The van der Waals surface area contributed by atoms with Gasteiger partial charge in [0.1, 0.15) is 5.82 Å². The van der Waals surface area contributed by atoms with Gasteiger partial charge in [0.2, 0.25) is 0 Å². The van der Waals surface area contributed by atoms with Crippen LogP contribution in [0.5, 0.6) is 0 Å². The summed E-state index contributed by atoms with van der Waals surface area (Å²) in [7, 11) is 0. The lowest BCUT2D eigenvalue weighted by molar-refractivity contribution is -0.144. The van der Waals surface area contributed by atoms with Crippen LogP contribution in [0.1, 0.15) is 12.0 Å². The fourth-order valence-corrected chi connectivity index (χ4v) is 1.99. The molecule has 2 rings (SSSR count). The van der Waals surface area contributed by atoms with Gasteiger partial charge < -0.3 is 20.5 Å². The lowest BCUT2D eigenvalue weighted by atomic mass is 9.99. The van der Waals surface area contributed by atoms with Crippen LogP contribution in [0.3, 0.4) is 0 Å². The number of carbonyl (C=O) groups is 2. The average Bonchev–Trinajstić information content (AvgIpc) is 2.83. The molecule has 1 saturated heterocycles. The van der Waals surface area contributed by atoms with E-state index >= 15 is 0 Å². The highest BCUT2D eigenvalue weighted by atomic mass is 19.1. The smallest absolute Gasteiger partial charge is 0.332 e. The van der Waals surface area contributed by atoms with Gasteiger partial charge in [-0.3, -0.25) is 0 Å². The number of carboxylic acids is 1. The number of aliphatic carboxylic acids is 1. The number of hydrogen-bond acceptors (Lipinski definition) is 3. The quantitative estimate of drug-likeness (QED) is 0.784. The van der Waals surface area contributed by atoms with Crippen LogP contribution in [0, 0.1) is 12.7 Å². The Morgan fingerprint density at radius 3 is 2.80 bits per heavy atom. The lowest BCUT2D eigenvalue weighted by Gasteiger charge is -2.23. The van der Waals surface area contributed by atoms with Gasteiger partial charge in [0, 0.05) is 13.0 Å². The molecule has 0 aliphatic carbocycles. The largest absolute Gasteiger partial charge is 0.479 e. The van der Waals surface area contributed by atoms with Crippen molar-refractivity contribution < 1.29 is 23.8 Å². The van der Waals surface area contributed by atoms with Gasteiger partial charge in [-0.15, -0.1) is 0 Å². The second-order valence-electron chi connectivity index (χ2n) is 4.75. The monoisotopic (exact) mass is 282 g/mol. The molecule has 0 aromatic heterocycles. The van der Waals surface area contributed by atoms with Crippen molar-refractivity contribution in [3.63, 3.8) is 0 Å². The molecule has 20 heavy (non-hydrogen) atoms. The predicted octanol–water partition coefficient (Wildman–Crippen LogP) is 1.50. The maximum atomic E-state index is 13.5. The van der Waals surface area contributed by atoms with Crippen LogP contribution >= 0.6 is 0 Å². The molecular formula is C13H15FN2O4. The van der Waals surface area contributed by atoms with E-state index in [1.807, 2.05) is 0 Å². The third-order valence-electron chi connectivity index (χ3n) is 3.15. The van der Waals surface area contributed by atoms with Gasteiger partial charge in [0.15, 0.2) is 5.54 Å². The first kappa shape index (κ1) is 14.3.